The third kappa shape index (κ3) is 18.2. The summed E-state index contributed by atoms with van der Waals surface area (Å²) in [4.78, 5) is 145. The molecule has 37 heteroatoms. The Kier molecular flexibility index (Phi) is 24.2. The molecule has 101 heavy (non-hydrogen) atoms. The first kappa shape index (κ1) is 75.0. The van der Waals surface area contributed by atoms with Crippen LogP contribution < -0.4 is 36.7 Å². The number of aromatic nitrogens is 6. The van der Waals surface area contributed by atoms with Crippen molar-refractivity contribution in [2.24, 2.45) is 17.8 Å². The van der Waals surface area contributed by atoms with Crippen LogP contribution in [-0.4, -0.2) is 168 Å². The van der Waals surface area contributed by atoms with Gasteiger partial charge in [0.15, 0.2) is 41.8 Å². The molecule has 542 valence electrons. The molecule has 0 radical (unpaired) electrons. The number of H-pyrrole nitrogens is 1. The molecule has 13 atom stereocenters. The molecule has 0 spiro atoms. The van der Waals surface area contributed by atoms with E-state index in [0.717, 1.165) is 29.5 Å². The lowest BCUT2D eigenvalue weighted by Crippen LogP contribution is -2.56. The van der Waals surface area contributed by atoms with Crippen molar-refractivity contribution in [1.82, 2.24) is 44.2 Å². The van der Waals surface area contributed by atoms with Crippen LogP contribution in [0, 0.1) is 17.8 Å². The van der Waals surface area contributed by atoms with Crippen LogP contribution in [0.25, 0.3) is 11.2 Å². The Labute approximate surface area is 579 Å². The Hall–Kier alpha value is -8.63. The van der Waals surface area contributed by atoms with Gasteiger partial charge in [0.25, 0.3) is 5.56 Å². The first-order valence-corrected chi connectivity index (χ1v) is 36.7. The molecule has 3 aromatic carbocycles. The number of methoxy groups -OCH3 is 1. The van der Waals surface area contributed by atoms with Gasteiger partial charge >= 0.3 is 32.4 Å². The number of nitrogens with one attached hydrogen (secondary N) is 4. The normalized spacial score (nSPS) is 25.1. The van der Waals surface area contributed by atoms with Crippen LogP contribution in [0.4, 0.5) is 25.1 Å². The number of unbranched alkanes of at least 4 members (excludes halogenated alkanes) is 2. The van der Waals surface area contributed by atoms with E-state index in [2.05, 4.69) is 30.9 Å². The minimum absolute atomic E-state index is 0.116. The molecule has 0 saturated carbocycles. The molecule has 7 heterocycles. The van der Waals surface area contributed by atoms with Crippen molar-refractivity contribution in [3.8, 4) is 11.5 Å². The molecular weight excluding hydrogens is 1390 g/mol. The molecule has 3 aromatic heterocycles. The maximum atomic E-state index is 17.1. The van der Waals surface area contributed by atoms with Gasteiger partial charge in [-0.05, 0) is 95.7 Å². The molecule has 32 nitrogen and oxygen atoms in total. The van der Waals surface area contributed by atoms with E-state index in [0.29, 0.717) is 64.3 Å². The number of phosphoric ester groups is 1. The third-order valence-electron chi connectivity index (χ3n) is 17.0. The average Bonchev–Trinajstić information content (AvgIpc) is 1.62. The Morgan fingerprint density at radius 2 is 1.44 bits per heavy atom. The van der Waals surface area contributed by atoms with Crippen molar-refractivity contribution in [2.75, 3.05) is 44.5 Å². The third-order valence-corrected chi connectivity index (χ3v) is 21.6. The molecule has 4 aliphatic heterocycles. The van der Waals surface area contributed by atoms with Gasteiger partial charge in [-0.25, -0.2) is 47.2 Å². The minimum atomic E-state index is -5.41. The van der Waals surface area contributed by atoms with Crippen LogP contribution in [-0.2, 0) is 77.8 Å². The summed E-state index contributed by atoms with van der Waals surface area (Å²) < 4.78 is 115. The van der Waals surface area contributed by atoms with Gasteiger partial charge in [0, 0.05) is 56.1 Å². The van der Waals surface area contributed by atoms with Crippen molar-refractivity contribution < 1.29 is 98.1 Å². The van der Waals surface area contributed by atoms with E-state index >= 15 is 13.3 Å². The number of amides is 6. The Morgan fingerprint density at radius 1 is 0.782 bits per heavy atom. The number of phosphoric acid groups is 1. The molecule has 4 aliphatic rings. The molecule has 10 rings (SSSR count). The molecule has 4 fully saturated rings. The number of aromatic amines is 1. The van der Waals surface area contributed by atoms with Crippen LogP contribution in [0.3, 0.4) is 0 Å². The van der Waals surface area contributed by atoms with E-state index in [4.69, 9.17) is 41.8 Å². The maximum absolute atomic E-state index is 17.1. The standard InChI is InChI=1S/C64H75F2N11O21P2S/c1-34(2)50(72-58(82)52(35(3)4)74(6)46(79)11-9-8-10-25-75-47(80)27-36(5)59(75)83)57(81)70-40-18-12-37(13-19-40)28-91-64(86)73-55-51-56(68-32-67-55)77(33-69-51)61-48(65)53-44(96-61)30-93-100(89,101-31-38-14-20-42(21-15-38)94-62(84)39-16-22-41(90-7)23-17-39)98-54-43(29-92-99(87,88)97-53)95-60(49(54)66)76-26-24-45(78)71-63(76)85/h12-24,26,32-36,43-44,48-50,52-54,60-61H,8-11,25,27-31H2,1-7H3,(H,70,81)(H,72,82)(H,87,88)(H,71,78,85)(H,67,68,73,86)/t36?,43-,44-,48-,49-,50?,52?,53-,54-,60-,61-,100?/m1/s1. The van der Waals surface area contributed by atoms with E-state index in [-0.39, 0.29) is 89.0 Å². The molecule has 4 saturated heterocycles. The van der Waals surface area contributed by atoms with E-state index in [1.54, 1.807) is 71.0 Å². The van der Waals surface area contributed by atoms with Crippen LogP contribution in [0.2, 0.25) is 0 Å². The second kappa shape index (κ2) is 32.6. The number of rotatable bonds is 24. The zero-order valence-corrected chi connectivity index (χ0v) is 58.2. The molecule has 0 bridgehead atoms. The Morgan fingerprint density at radius 3 is 2.08 bits per heavy atom. The number of likely N-dealkylation sites (tertiary alicyclic amines) is 1. The minimum Gasteiger partial charge on any atom is -0.497 e. The molecule has 6 aromatic rings. The van der Waals surface area contributed by atoms with Gasteiger partial charge in [-0.1, -0.05) is 65.3 Å². The number of nitrogens with zero attached hydrogens (tertiary/aromatic N) is 7. The van der Waals surface area contributed by atoms with Crippen LogP contribution in [0.1, 0.15) is 101 Å². The van der Waals surface area contributed by atoms with Crippen molar-refractivity contribution in [1.29, 1.82) is 0 Å². The summed E-state index contributed by atoms with van der Waals surface area (Å²) in [7, 11) is -2.39. The lowest BCUT2D eigenvalue weighted by atomic mass is 9.98. The Bertz CT molecular complexity index is 4250. The molecule has 5 unspecified atom stereocenters. The molecule has 5 N–H and O–H groups in total. The number of imide groups is 1. The summed E-state index contributed by atoms with van der Waals surface area (Å²) in [6.07, 6.45) is -12.1. The second-order valence-electron chi connectivity index (χ2n) is 24.9. The smallest absolute Gasteiger partial charge is 0.472 e. The SMILES string of the molecule is COc1ccc(C(=O)Oc2ccc(CSP3(=O)OC[C@H]4O[C@@H](n5cnc6c(NC(=O)OCc7ccc(NC(=O)C(NC(=O)C(C(C)C)N(C)C(=O)CCCCCN8C(=O)CC(C)C8=O)C(C)C)cc7)ncnc65)[C@H](F)[C@@H]4OP(=O)(O)OC[C@H]4O[C@@H](n5ccc(=O)[nH]c5=O)[C@H](F)[C@@H]4O3)cc2)cc1. The number of fused-ring (bicyclic) bond motifs is 3. The number of hydrogen-bond donors (Lipinski definition) is 5. The van der Waals surface area contributed by atoms with Gasteiger partial charge in [0.1, 0.15) is 60.9 Å². The van der Waals surface area contributed by atoms with E-state index in [1.807, 2.05) is 4.98 Å². The van der Waals surface area contributed by atoms with Crippen molar-refractivity contribution in [3.63, 3.8) is 0 Å². The zero-order chi connectivity index (χ0) is 72.6. The highest BCUT2D eigenvalue weighted by Gasteiger charge is 2.55. The highest BCUT2D eigenvalue weighted by molar-refractivity contribution is 8.54. The summed E-state index contributed by atoms with van der Waals surface area (Å²) in [5, 5.41) is 8.09. The van der Waals surface area contributed by atoms with Gasteiger partial charge in [-0.15, -0.1) is 0 Å². The van der Waals surface area contributed by atoms with Crippen molar-refractivity contribution in [2.45, 2.75) is 140 Å². The predicted molar refractivity (Wildman–Crippen MR) is 355 cm³/mol. The van der Waals surface area contributed by atoms with E-state index in [1.165, 1.54) is 60.4 Å². The summed E-state index contributed by atoms with van der Waals surface area (Å²) in [6.45, 7) is 2.04. The number of benzene rings is 3. The lowest BCUT2D eigenvalue weighted by Gasteiger charge is -2.32. The van der Waals surface area contributed by atoms with E-state index in [9.17, 15) is 52.6 Å². The Balaban J connectivity index is 0.762. The molecule has 0 aliphatic carbocycles. The molecule has 6 amide bonds. The van der Waals surface area contributed by atoms with Crippen molar-refractivity contribution >= 4 is 90.3 Å². The number of esters is 1. The van der Waals surface area contributed by atoms with Gasteiger partial charge < -0.3 is 44.1 Å². The van der Waals surface area contributed by atoms with Crippen LogP contribution in [0.15, 0.2) is 107 Å². The summed E-state index contributed by atoms with van der Waals surface area (Å²) in [6, 6.07) is 17.4. The largest absolute Gasteiger partial charge is 0.497 e. The van der Waals surface area contributed by atoms with Gasteiger partial charge in [-0.2, -0.15) is 0 Å². The predicted octanol–water partition coefficient (Wildman–Crippen LogP) is 7.30. The zero-order valence-electron chi connectivity index (χ0n) is 55.6. The number of carbonyl (C=O) groups is 7. The number of anilines is 2. The average molecular weight is 1470 g/mol. The van der Waals surface area contributed by atoms with Gasteiger partial charge in [0.2, 0.25) is 29.5 Å². The van der Waals surface area contributed by atoms with Crippen LogP contribution >= 0.6 is 26.0 Å². The number of halogens is 2. The number of imidazole rings is 1. The van der Waals surface area contributed by atoms with Gasteiger partial charge in [-0.3, -0.25) is 71.2 Å². The summed E-state index contributed by atoms with van der Waals surface area (Å²) >= 11 is 0.531. The number of hydrogen-bond acceptors (Lipinski definition) is 24. The first-order chi connectivity index (χ1) is 48.1. The quantitative estimate of drug-likeness (QED) is 0.0130. The van der Waals surface area contributed by atoms with Gasteiger partial charge in [0.05, 0.1) is 32.2 Å². The number of likely N-dealkylation sites (N-methyl/N-ethyl adjacent to an activating group) is 1. The highest BCUT2D eigenvalue weighted by Crippen LogP contribution is 2.65. The summed E-state index contributed by atoms with van der Waals surface area (Å²) in [5.74, 6) is -3.17. The number of alkyl halides is 2. The molecular formula is C64H75F2N11O21P2S. The highest BCUT2D eigenvalue weighted by atomic mass is 32.7. The number of carbonyl (C=O) groups excluding carboxylic acids is 7. The fourth-order valence-electron chi connectivity index (χ4n) is 11.6. The topological polar surface area (TPSA) is 398 Å². The fourth-order valence-corrected chi connectivity index (χ4v) is 15.9. The lowest BCUT2D eigenvalue weighted by molar-refractivity contribution is -0.141. The van der Waals surface area contributed by atoms with E-state index < -0.39 is 124 Å². The monoisotopic (exact) mass is 1470 g/mol. The fraction of sp³-hybridized carbons (Fsp3) is 0.469. The summed E-state index contributed by atoms with van der Waals surface area (Å²) in [5.41, 5.74) is -0.694. The second-order valence-corrected chi connectivity index (χ2v) is 30.3. The maximum Gasteiger partial charge on any atom is 0.472 e. The first-order valence-electron chi connectivity index (χ1n) is 32.1. The van der Waals surface area contributed by atoms with Crippen molar-refractivity contribution in [3.05, 3.63) is 135 Å². The number of ether oxygens (including phenoxy) is 5. The van der Waals surface area contributed by atoms with Crippen LogP contribution in [0.5, 0.6) is 11.5 Å².